The van der Waals surface area contributed by atoms with Crippen molar-refractivity contribution < 1.29 is 8.78 Å². The third kappa shape index (κ3) is 2.23. The molecule has 0 radical (unpaired) electrons. The molecule has 1 fully saturated rings. The summed E-state index contributed by atoms with van der Waals surface area (Å²) in [5.41, 5.74) is 6.99. The van der Waals surface area contributed by atoms with E-state index in [4.69, 9.17) is 5.73 Å². The van der Waals surface area contributed by atoms with Gasteiger partial charge in [-0.1, -0.05) is 0 Å². The first kappa shape index (κ1) is 11.1. The zero-order valence-electron chi connectivity index (χ0n) is 9.21. The minimum Gasteiger partial charge on any atom is -0.397 e. The van der Waals surface area contributed by atoms with E-state index in [1.807, 2.05) is 6.92 Å². The van der Waals surface area contributed by atoms with Crippen molar-refractivity contribution in [1.29, 1.82) is 0 Å². The number of nitrogens with two attached hydrogens (primary N) is 1. The van der Waals surface area contributed by atoms with E-state index >= 15 is 0 Å². The van der Waals surface area contributed by atoms with Gasteiger partial charge in [-0.2, -0.15) is 0 Å². The van der Waals surface area contributed by atoms with E-state index < -0.39 is 5.92 Å². The highest BCUT2D eigenvalue weighted by atomic mass is 19.3. The fourth-order valence-electron chi connectivity index (χ4n) is 2.07. The maximum Gasteiger partial charge on any atom is 0.265 e. The molecule has 1 aliphatic rings. The largest absolute Gasteiger partial charge is 0.397 e. The number of alkyl halides is 2. The van der Waals surface area contributed by atoms with Crippen LogP contribution in [0.5, 0.6) is 0 Å². The Kier molecular flexibility index (Phi) is 2.69. The molecule has 0 bridgehead atoms. The molecule has 5 heteroatoms. The van der Waals surface area contributed by atoms with Crippen LogP contribution in [-0.2, 0) is 0 Å². The molecule has 0 atom stereocenters. The van der Waals surface area contributed by atoms with Gasteiger partial charge in [0.25, 0.3) is 5.92 Å². The molecule has 1 aromatic rings. The van der Waals surface area contributed by atoms with E-state index in [9.17, 15) is 8.78 Å². The molecule has 0 unspecified atom stereocenters. The van der Waals surface area contributed by atoms with Crippen molar-refractivity contribution in [3.63, 3.8) is 0 Å². The molecule has 0 spiro atoms. The number of aryl methyl sites for hydroxylation is 1. The zero-order valence-corrected chi connectivity index (χ0v) is 9.21. The predicted molar refractivity (Wildman–Crippen MR) is 59.8 cm³/mol. The van der Waals surface area contributed by atoms with Gasteiger partial charge in [0, 0.05) is 13.0 Å². The smallest absolute Gasteiger partial charge is 0.265 e. The van der Waals surface area contributed by atoms with Crippen LogP contribution in [0.4, 0.5) is 20.3 Å². The molecule has 88 valence electrons. The number of piperidine rings is 1. The molecule has 0 aliphatic carbocycles. The highest BCUT2D eigenvalue weighted by Gasteiger charge is 2.35. The molecule has 1 aromatic heterocycles. The number of hydrogen-bond acceptors (Lipinski definition) is 3. The highest BCUT2D eigenvalue weighted by Crippen LogP contribution is 2.30. The van der Waals surface area contributed by atoms with Gasteiger partial charge in [0.15, 0.2) is 0 Å². The Morgan fingerprint density at radius 3 is 2.88 bits per heavy atom. The number of aromatic nitrogens is 1. The topological polar surface area (TPSA) is 42.1 Å². The Morgan fingerprint density at radius 1 is 1.50 bits per heavy atom. The molecule has 0 amide bonds. The van der Waals surface area contributed by atoms with Gasteiger partial charge >= 0.3 is 0 Å². The van der Waals surface area contributed by atoms with Crippen LogP contribution in [0.3, 0.4) is 0 Å². The summed E-state index contributed by atoms with van der Waals surface area (Å²) >= 11 is 0. The zero-order chi connectivity index (χ0) is 11.8. The number of anilines is 2. The summed E-state index contributed by atoms with van der Waals surface area (Å²) in [5.74, 6) is -1.98. The highest BCUT2D eigenvalue weighted by molar-refractivity contribution is 5.53. The van der Waals surface area contributed by atoms with Crippen molar-refractivity contribution in [3.05, 3.63) is 17.8 Å². The number of nitrogens with zero attached hydrogens (tertiary/aromatic N) is 2. The number of pyridine rings is 1. The lowest BCUT2D eigenvalue weighted by molar-refractivity contribution is -0.0118. The molecule has 3 nitrogen and oxygen atoms in total. The molecular weight excluding hydrogens is 212 g/mol. The molecule has 0 saturated carbocycles. The van der Waals surface area contributed by atoms with E-state index in [2.05, 4.69) is 4.98 Å². The SMILES string of the molecule is Cc1cc(N)cnc1N1CCCC(F)(F)C1. The van der Waals surface area contributed by atoms with Gasteiger partial charge in [0.05, 0.1) is 18.4 Å². The molecule has 0 aromatic carbocycles. The van der Waals surface area contributed by atoms with Crippen molar-refractivity contribution in [2.45, 2.75) is 25.7 Å². The first-order chi connectivity index (χ1) is 7.48. The average molecular weight is 227 g/mol. The summed E-state index contributed by atoms with van der Waals surface area (Å²) < 4.78 is 26.5. The summed E-state index contributed by atoms with van der Waals surface area (Å²) in [7, 11) is 0. The minimum atomic E-state index is -2.60. The first-order valence-corrected chi connectivity index (χ1v) is 5.33. The standard InChI is InChI=1S/C11H15F2N3/c1-8-5-9(14)6-15-10(8)16-4-2-3-11(12,13)7-16/h5-6H,2-4,7,14H2,1H3. The van der Waals surface area contributed by atoms with Crippen LogP contribution >= 0.6 is 0 Å². The van der Waals surface area contributed by atoms with E-state index in [1.54, 1.807) is 11.0 Å². The van der Waals surface area contributed by atoms with Crippen molar-refractivity contribution >= 4 is 11.5 Å². The van der Waals surface area contributed by atoms with Gasteiger partial charge in [-0.25, -0.2) is 13.8 Å². The molecule has 16 heavy (non-hydrogen) atoms. The normalized spacial score (nSPS) is 19.8. The van der Waals surface area contributed by atoms with Gasteiger partial charge < -0.3 is 10.6 Å². The monoisotopic (exact) mass is 227 g/mol. The molecule has 2 N–H and O–H groups in total. The van der Waals surface area contributed by atoms with E-state index in [-0.39, 0.29) is 13.0 Å². The Labute approximate surface area is 93.3 Å². The van der Waals surface area contributed by atoms with Crippen molar-refractivity contribution in [3.8, 4) is 0 Å². The fourth-order valence-corrected chi connectivity index (χ4v) is 2.07. The lowest BCUT2D eigenvalue weighted by Gasteiger charge is -2.34. The van der Waals surface area contributed by atoms with Gasteiger partial charge in [-0.15, -0.1) is 0 Å². The first-order valence-electron chi connectivity index (χ1n) is 5.33. The van der Waals surface area contributed by atoms with Gasteiger partial charge in [0.1, 0.15) is 5.82 Å². The molecule has 2 heterocycles. The fraction of sp³-hybridized carbons (Fsp3) is 0.545. The van der Waals surface area contributed by atoms with Crippen LogP contribution in [0.15, 0.2) is 12.3 Å². The van der Waals surface area contributed by atoms with Crippen LogP contribution in [0.2, 0.25) is 0 Å². The van der Waals surface area contributed by atoms with Crippen LogP contribution in [0.25, 0.3) is 0 Å². The van der Waals surface area contributed by atoms with Crippen molar-refractivity contribution in [1.82, 2.24) is 4.98 Å². The van der Waals surface area contributed by atoms with Gasteiger partial charge in [-0.3, -0.25) is 0 Å². The Morgan fingerprint density at radius 2 is 2.25 bits per heavy atom. The second-order valence-electron chi connectivity index (χ2n) is 4.29. The van der Waals surface area contributed by atoms with Crippen LogP contribution in [-0.4, -0.2) is 24.0 Å². The van der Waals surface area contributed by atoms with Crippen LogP contribution < -0.4 is 10.6 Å². The van der Waals surface area contributed by atoms with E-state index in [0.717, 1.165) is 5.56 Å². The van der Waals surface area contributed by atoms with E-state index in [1.165, 1.54) is 6.20 Å². The van der Waals surface area contributed by atoms with E-state index in [0.29, 0.717) is 24.5 Å². The average Bonchev–Trinajstić information content (AvgIpc) is 2.15. The predicted octanol–water partition coefficient (Wildman–Crippen LogP) is 2.21. The summed E-state index contributed by atoms with van der Waals surface area (Å²) in [6.07, 6.45) is 1.98. The lowest BCUT2D eigenvalue weighted by atomic mass is 10.1. The van der Waals surface area contributed by atoms with Crippen LogP contribution in [0.1, 0.15) is 18.4 Å². The molecule has 1 saturated heterocycles. The second-order valence-corrected chi connectivity index (χ2v) is 4.29. The van der Waals surface area contributed by atoms with Crippen molar-refractivity contribution in [2.24, 2.45) is 0 Å². The summed E-state index contributed by atoms with van der Waals surface area (Å²) in [4.78, 5) is 5.77. The summed E-state index contributed by atoms with van der Waals surface area (Å²) in [5, 5.41) is 0. The third-order valence-corrected chi connectivity index (χ3v) is 2.76. The summed E-state index contributed by atoms with van der Waals surface area (Å²) in [6, 6.07) is 1.76. The van der Waals surface area contributed by atoms with Gasteiger partial charge in [-0.05, 0) is 25.0 Å². The second kappa shape index (κ2) is 3.88. The molecule has 2 rings (SSSR count). The Balaban J connectivity index is 2.23. The number of halogens is 2. The molecular formula is C11H15F2N3. The summed E-state index contributed by atoms with van der Waals surface area (Å²) in [6.45, 7) is 2.23. The number of rotatable bonds is 1. The quantitative estimate of drug-likeness (QED) is 0.799. The Hall–Kier alpha value is -1.39. The van der Waals surface area contributed by atoms with Crippen LogP contribution in [0, 0.1) is 6.92 Å². The van der Waals surface area contributed by atoms with Gasteiger partial charge in [0.2, 0.25) is 0 Å². The van der Waals surface area contributed by atoms with Crippen molar-refractivity contribution in [2.75, 3.05) is 23.7 Å². The third-order valence-electron chi connectivity index (χ3n) is 2.76. The number of nitrogen functional groups attached to an aromatic ring is 1. The maximum absolute atomic E-state index is 13.3. The Bertz CT molecular complexity index is 393. The minimum absolute atomic E-state index is 0.0302. The number of hydrogen-bond donors (Lipinski definition) is 1. The maximum atomic E-state index is 13.3. The molecule has 1 aliphatic heterocycles. The lowest BCUT2D eigenvalue weighted by Crippen LogP contribution is -2.43.